The van der Waals surface area contributed by atoms with Crippen LogP contribution in [-0.4, -0.2) is 47.0 Å². The van der Waals surface area contributed by atoms with Crippen LogP contribution in [0.15, 0.2) is 28.9 Å². The number of nitrogens with one attached hydrogen (secondary N) is 1. The van der Waals surface area contributed by atoms with Gasteiger partial charge >= 0.3 is 0 Å². The summed E-state index contributed by atoms with van der Waals surface area (Å²) in [4.78, 5) is 22.5. The summed E-state index contributed by atoms with van der Waals surface area (Å²) in [5.74, 6) is 2.61. The van der Waals surface area contributed by atoms with E-state index in [9.17, 15) is 4.79 Å². The maximum absolute atomic E-state index is 11.6. The number of methoxy groups -OCH3 is 1. The molecule has 0 unspecified atom stereocenters. The predicted octanol–water partition coefficient (Wildman–Crippen LogP) is 1.63. The normalized spacial score (nSPS) is 20.8. The van der Waals surface area contributed by atoms with Gasteiger partial charge in [0.2, 0.25) is 5.91 Å². The molecule has 2 aromatic rings. The Morgan fingerprint density at radius 1 is 1.36 bits per heavy atom. The Labute approximate surface area is 147 Å². The molecule has 1 fully saturated rings. The summed E-state index contributed by atoms with van der Waals surface area (Å²) in [5.41, 5.74) is 1.04. The first-order chi connectivity index (χ1) is 12.0. The summed E-state index contributed by atoms with van der Waals surface area (Å²) in [5, 5.41) is 3.05. The van der Waals surface area contributed by atoms with Crippen LogP contribution in [0.4, 0.5) is 0 Å². The largest absolute Gasteiger partial charge is 0.466 e. The van der Waals surface area contributed by atoms with Gasteiger partial charge < -0.3 is 14.5 Å². The van der Waals surface area contributed by atoms with Crippen molar-refractivity contribution in [2.75, 3.05) is 20.2 Å². The van der Waals surface area contributed by atoms with E-state index < -0.39 is 0 Å². The molecule has 1 aliphatic rings. The minimum atomic E-state index is -0.0209. The van der Waals surface area contributed by atoms with Crippen LogP contribution in [0.3, 0.4) is 0 Å². The van der Waals surface area contributed by atoms with E-state index in [4.69, 9.17) is 9.15 Å². The Balaban J connectivity index is 1.69. The second-order valence-corrected chi connectivity index (χ2v) is 6.50. The van der Waals surface area contributed by atoms with Crippen LogP contribution >= 0.6 is 0 Å². The van der Waals surface area contributed by atoms with Gasteiger partial charge in [0.25, 0.3) is 0 Å². The van der Waals surface area contributed by atoms with Crippen LogP contribution in [0.1, 0.15) is 35.7 Å². The van der Waals surface area contributed by atoms with Gasteiger partial charge in [-0.05, 0) is 19.1 Å². The number of nitrogens with zero attached hydrogens (tertiary/aromatic N) is 3. The van der Waals surface area contributed by atoms with Gasteiger partial charge in [-0.1, -0.05) is 0 Å². The Hall–Kier alpha value is -2.25. The molecule has 1 saturated heterocycles. The van der Waals surface area contributed by atoms with Crippen molar-refractivity contribution in [3.63, 3.8) is 0 Å². The molecule has 3 heterocycles. The van der Waals surface area contributed by atoms with E-state index in [1.807, 2.05) is 31.5 Å². The number of likely N-dealkylation sites (tertiary alicyclic amines) is 1. The van der Waals surface area contributed by atoms with Gasteiger partial charge in [-0.15, -0.1) is 0 Å². The Kier molecular flexibility index (Phi) is 5.45. The zero-order valence-electron chi connectivity index (χ0n) is 14.9. The highest BCUT2D eigenvalue weighted by Crippen LogP contribution is 2.30. The van der Waals surface area contributed by atoms with Gasteiger partial charge in [0.05, 0.1) is 12.0 Å². The molecule has 3 rings (SSSR count). The van der Waals surface area contributed by atoms with Gasteiger partial charge in [-0.2, -0.15) is 0 Å². The lowest BCUT2D eigenvalue weighted by molar-refractivity contribution is -0.119. The maximum Gasteiger partial charge on any atom is 0.217 e. The van der Waals surface area contributed by atoms with Crippen molar-refractivity contribution < 1.29 is 13.9 Å². The summed E-state index contributed by atoms with van der Waals surface area (Å²) in [6.45, 7) is 6.22. The SMILES string of the molecule is COCc1ncc(CN2C[C@H](NC(C)=O)[C@@H](c3ccc(C)o3)C2)cn1. The highest BCUT2D eigenvalue weighted by molar-refractivity contribution is 5.73. The van der Waals surface area contributed by atoms with Gasteiger partial charge in [0.1, 0.15) is 18.1 Å². The number of hydrogen-bond donors (Lipinski definition) is 1. The number of rotatable bonds is 6. The lowest BCUT2D eigenvalue weighted by Crippen LogP contribution is -2.38. The molecular formula is C18H24N4O3. The number of aromatic nitrogens is 2. The molecule has 134 valence electrons. The van der Waals surface area contributed by atoms with E-state index in [1.165, 1.54) is 0 Å². The highest BCUT2D eigenvalue weighted by atomic mass is 16.5. The minimum Gasteiger partial charge on any atom is -0.466 e. The van der Waals surface area contributed by atoms with Crippen LogP contribution in [0.25, 0.3) is 0 Å². The Morgan fingerprint density at radius 2 is 2.12 bits per heavy atom. The van der Waals surface area contributed by atoms with Crippen molar-refractivity contribution in [3.05, 3.63) is 47.4 Å². The quantitative estimate of drug-likeness (QED) is 0.858. The monoisotopic (exact) mass is 344 g/mol. The first-order valence-corrected chi connectivity index (χ1v) is 8.39. The summed E-state index contributed by atoms with van der Waals surface area (Å²) in [6, 6.07) is 4.00. The summed E-state index contributed by atoms with van der Waals surface area (Å²) in [6.07, 6.45) is 3.66. The number of carbonyl (C=O) groups excluding carboxylic acids is 1. The van der Waals surface area contributed by atoms with Crippen LogP contribution in [-0.2, 0) is 22.7 Å². The van der Waals surface area contributed by atoms with E-state index in [2.05, 4.69) is 20.2 Å². The molecular weight excluding hydrogens is 320 g/mol. The van der Waals surface area contributed by atoms with Crippen LogP contribution in [0, 0.1) is 6.92 Å². The first-order valence-electron chi connectivity index (χ1n) is 8.39. The van der Waals surface area contributed by atoms with Crippen molar-refractivity contribution in [1.82, 2.24) is 20.2 Å². The lowest BCUT2D eigenvalue weighted by Gasteiger charge is -2.17. The zero-order chi connectivity index (χ0) is 17.8. The summed E-state index contributed by atoms with van der Waals surface area (Å²) >= 11 is 0. The number of amides is 1. The molecule has 7 nitrogen and oxygen atoms in total. The zero-order valence-corrected chi connectivity index (χ0v) is 14.9. The summed E-state index contributed by atoms with van der Waals surface area (Å²) in [7, 11) is 1.63. The molecule has 0 spiro atoms. The van der Waals surface area contributed by atoms with E-state index in [1.54, 1.807) is 14.0 Å². The molecule has 0 aliphatic carbocycles. The van der Waals surface area contributed by atoms with Crippen LogP contribution in [0.5, 0.6) is 0 Å². The van der Waals surface area contributed by atoms with Crippen molar-refractivity contribution in [3.8, 4) is 0 Å². The molecule has 1 aliphatic heterocycles. The molecule has 0 bridgehead atoms. The second-order valence-electron chi connectivity index (χ2n) is 6.50. The average Bonchev–Trinajstić information content (AvgIpc) is 3.15. The van der Waals surface area contributed by atoms with Gasteiger partial charge in [0, 0.05) is 51.6 Å². The fourth-order valence-corrected chi connectivity index (χ4v) is 3.29. The van der Waals surface area contributed by atoms with E-state index >= 15 is 0 Å². The number of furan rings is 1. The third-order valence-electron chi connectivity index (χ3n) is 4.35. The molecule has 0 saturated carbocycles. The minimum absolute atomic E-state index is 0.0209. The number of hydrogen-bond acceptors (Lipinski definition) is 6. The van der Waals surface area contributed by atoms with Crippen molar-refractivity contribution >= 4 is 5.91 Å². The van der Waals surface area contributed by atoms with Crippen molar-refractivity contribution in [2.24, 2.45) is 0 Å². The van der Waals surface area contributed by atoms with Crippen molar-refractivity contribution in [2.45, 2.75) is 39.0 Å². The standard InChI is InChI=1S/C18H24N4O3/c1-12-4-5-17(25-12)15-9-22(10-16(15)21-13(2)23)8-14-6-19-18(11-24-3)20-7-14/h4-7,15-16H,8-11H2,1-3H3,(H,21,23)/t15-,16-/m0/s1. The average molecular weight is 344 g/mol. The second kappa shape index (κ2) is 7.76. The lowest BCUT2D eigenvalue weighted by atomic mass is 10.0. The van der Waals surface area contributed by atoms with Gasteiger partial charge in [-0.25, -0.2) is 9.97 Å². The molecule has 0 radical (unpaired) electrons. The molecule has 7 heteroatoms. The smallest absolute Gasteiger partial charge is 0.217 e. The maximum atomic E-state index is 11.6. The third-order valence-corrected chi connectivity index (χ3v) is 4.35. The van der Waals surface area contributed by atoms with Gasteiger partial charge in [-0.3, -0.25) is 9.69 Å². The topological polar surface area (TPSA) is 80.5 Å². The third kappa shape index (κ3) is 4.43. The molecule has 2 atom stereocenters. The number of aryl methyl sites for hydroxylation is 1. The number of ether oxygens (including phenoxy) is 1. The van der Waals surface area contributed by atoms with Crippen LogP contribution in [0.2, 0.25) is 0 Å². The molecule has 1 N–H and O–H groups in total. The van der Waals surface area contributed by atoms with E-state index in [0.29, 0.717) is 12.4 Å². The Bertz CT molecular complexity index is 713. The van der Waals surface area contributed by atoms with Crippen LogP contribution < -0.4 is 5.32 Å². The molecule has 1 amide bonds. The summed E-state index contributed by atoms with van der Waals surface area (Å²) < 4.78 is 10.8. The number of carbonyl (C=O) groups is 1. The van der Waals surface area contributed by atoms with Gasteiger partial charge in [0.15, 0.2) is 5.82 Å². The van der Waals surface area contributed by atoms with E-state index in [-0.39, 0.29) is 17.9 Å². The van der Waals surface area contributed by atoms with E-state index in [0.717, 1.165) is 36.7 Å². The first kappa shape index (κ1) is 17.6. The fraction of sp³-hybridized carbons (Fsp3) is 0.500. The Morgan fingerprint density at radius 3 is 2.72 bits per heavy atom. The fourth-order valence-electron chi connectivity index (χ4n) is 3.29. The molecule has 2 aromatic heterocycles. The van der Waals surface area contributed by atoms with Crippen molar-refractivity contribution in [1.29, 1.82) is 0 Å². The highest BCUT2D eigenvalue weighted by Gasteiger charge is 2.36. The predicted molar refractivity (Wildman–Crippen MR) is 91.8 cm³/mol. The molecule has 0 aromatic carbocycles. The molecule has 25 heavy (non-hydrogen) atoms.